The van der Waals surface area contributed by atoms with E-state index in [4.69, 9.17) is 0 Å². The number of pyridine rings is 1. The molecule has 30 heavy (non-hydrogen) atoms. The molecule has 1 aromatic heterocycles. The maximum absolute atomic E-state index is 12.7. The summed E-state index contributed by atoms with van der Waals surface area (Å²) in [5.74, 6) is 0.530. The van der Waals surface area contributed by atoms with Gasteiger partial charge < -0.3 is 10.6 Å². The van der Waals surface area contributed by atoms with Gasteiger partial charge in [-0.1, -0.05) is 24.3 Å². The summed E-state index contributed by atoms with van der Waals surface area (Å²) in [5.41, 5.74) is -3.45. The summed E-state index contributed by atoms with van der Waals surface area (Å²) in [4.78, 5) is 8.99. The fourth-order valence-electron chi connectivity index (χ4n) is 3.36. The summed E-state index contributed by atoms with van der Waals surface area (Å²) in [5, 5.41) is 7.34. The first-order valence-electron chi connectivity index (χ1n) is 9.66. The monoisotopic (exact) mass is 443 g/mol. The summed E-state index contributed by atoms with van der Waals surface area (Å²) in [7, 11) is -5.28. The van der Waals surface area contributed by atoms with Crippen molar-refractivity contribution in [3.8, 4) is 0 Å². The lowest BCUT2D eigenvalue weighted by atomic mass is 10.1. The zero-order valence-corrected chi connectivity index (χ0v) is 17.3. The number of sulfonamides is 1. The molecule has 0 bridgehead atoms. The molecule has 0 aliphatic carbocycles. The molecule has 0 radical (unpaired) electrons. The van der Waals surface area contributed by atoms with Crippen LogP contribution in [0.2, 0.25) is 0 Å². The molecule has 1 aromatic carbocycles. The predicted molar refractivity (Wildman–Crippen MR) is 109 cm³/mol. The van der Waals surface area contributed by atoms with Gasteiger partial charge >= 0.3 is 15.5 Å². The number of nitrogens with zero attached hydrogens (tertiary/aromatic N) is 3. The Bertz CT molecular complexity index is 997. The molecule has 0 unspecified atom stereocenters. The lowest BCUT2D eigenvalue weighted by Gasteiger charge is -2.32. The number of aromatic nitrogens is 1. The number of benzene rings is 1. The van der Waals surface area contributed by atoms with Gasteiger partial charge in [0.05, 0.1) is 12.1 Å². The third-order valence-corrected chi connectivity index (χ3v) is 6.53. The number of guanidine groups is 1. The van der Waals surface area contributed by atoms with Crippen molar-refractivity contribution in [1.29, 1.82) is 0 Å². The predicted octanol–water partition coefficient (Wildman–Crippen LogP) is 2.60. The molecule has 3 rings (SSSR count). The van der Waals surface area contributed by atoms with Crippen molar-refractivity contribution in [2.45, 2.75) is 37.9 Å². The van der Waals surface area contributed by atoms with Gasteiger partial charge in [-0.2, -0.15) is 17.5 Å². The van der Waals surface area contributed by atoms with Gasteiger partial charge in [-0.15, -0.1) is 0 Å². The number of hydrogen-bond donors (Lipinski definition) is 2. The van der Waals surface area contributed by atoms with Gasteiger partial charge in [0.15, 0.2) is 5.96 Å². The topological polar surface area (TPSA) is 86.7 Å². The molecule has 1 saturated heterocycles. The molecular formula is C19H24F3N5O2S. The Morgan fingerprint density at radius 2 is 1.93 bits per heavy atom. The number of para-hydroxylation sites is 1. The second kappa shape index (κ2) is 9.17. The molecule has 11 heteroatoms. The summed E-state index contributed by atoms with van der Waals surface area (Å²) >= 11 is 0. The highest BCUT2D eigenvalue weighted by molar-refractivity contribution is 7.90. The fourth-order valence-corrected chi connectivity index (χ4v) is 4.34. The number of piperidine rings is 1. The maximum Gasteiger partial charge on any atom is 0.511 e. The van der Waals surface area contributed by atoms with E-state index in [9.17, 15) is 21.6 Å². The van der Waals surface area contributed by atoms with Crippen molar-refractivity contribution in [2.24, 2.45) is 4.99 Å². The van der Waals surface area contributed by atoms with Crippen LogP contribution in [-0.4, -0.2) is 54.9 Å². The van der Waals surface area contributed by atoms with Crippen molar-refractivity contribution in [1.82, 2.24) is 19.9 Å². The molecule has 0 spiro atoms. The first-order valence-corrected chi connectivity index (χ1v) is 11.1. The highest BCUT2D eigenvalue weighted by Crippen LogP contribution is 2.29. The number of halogens is 3. The average molecular weight is 443 g/mol. The van der Waals surface area contributed by atoms with E-state index in [-0.39, 0.29) is 32.0 Å². The van der Waals surface area contributed by atoms with Gasteiger partial charge in [-0.3, -0.25) is 4.98 Å². The van der Waals surface area contributed by atoms with Crippen LogP contribution in [0, 0.1) is 0 Å². The average Bonchev–Trinajstić information content (AvgIpc) is 2.72. The molecule has 164 valence electrons. The van der Waals surface area contributed by atoms with E-state index < -0.39 is 15.5 Å². The third-order valence-electron chi connectivity index (χ3n) is 4.90. The van der Waals surface area contributed by atoms with Crippen molar-refractivity contribution < 1.29 is 21.6 Å². The highest BCUT2D eigenvalue weighted by Gasteiger charge is 2.50. The number of nitrogens with one attached hydrogen (secondary N) is 2. The Hall–Kier alpha value is -2.40. The van der Waals surface area contributed by atoms with Crippen LogP contribution in [-0.2, 0) is 16.6 Å². The zero-order valence-electron chi connectivity index (χ0n) is 16.5. The Balaban J connectivity index is 1.65. The number of fused-ring (bicyclic) bond motifs is 1. The molecule has 2 aromatic rings. The largest absolute Gasteiger partial charge is 0.511 e. The number of rotatable bonds is 5. The molecule has 1 aliphatic rings. The minimum absolute atomic E-state index is 0.173. The first-order chi connectivity index (χ1) is 14.2. The summed E-state index contributed by atoms with van der Waals surface area (Å²) in [6, 6.07) is 9.53. The summed E-state index contributed by atoms with van der Waals surface area (Å²) < 4.78 is 61.7. The van der Waals surface area contributed by atoms with Crippen LogP contribution >= 0.6 is 0 Å². The maximum atomic E-state index is 12.7. The van der Waals surface area contributed by atoms with Crippen molar-refractivity contribution in [2.75, 3.05) is 19.6 Å². The van der Waals surface area contributed by atoms with Gasteiger partial charge in [-0.25, -0.2) is 13.4 Å². The molecule has 7 nitrogen and oxygen atoms in total. The quantitative estimate of drug-likeness (QED) is 0.548. The van der Waals surface area contributed by atoms with Gasteiger partial charge in [0.25, 0.3) is 0 Å². The van der Waals surface area contributed by atoms with E-state index in [0.29, 0.717) is 23.4 Å². The van der Waals surface area contributed by atoms with E-state index in [1.807, 2.05) is 37.3 Å². The Labute approximate surface area is 173 Å². The summed E-state index contributed by atoms with van der Waals surface area (Å²) in [6.45, 7) is 2.53. The number of alkyl halides is 3. The van der Waals surface area contributed by atoms with Crippen LogP contribution in [0.4, 0.5) is 13.2 Å². The van der Waals surface area contributed by atoms with E-state index in [1.165, 1.54) is 0 Å². The lowest BCUT2D eigenvalue weighted by Crippen LogP contribution is -2.51. The Morgan fingerprint density at radius 3 is 2.60 bits per heavy atom. The highest BCUT2D eigenvalue weighted by atomic mass is 32.2. The molecular weight excluding hydrogens is 419 g/mol. The van der Waals surface area contributed by atoms with Crippen LogP contribution in [0.1, 0.15) is 25.3 Å². The SMILES string of the molecule is CCNC(=NCc1cccc2cccnc12)NC1CCN(S(=O)(=O)C(F)(F)F)CC1. The minimum Gasteiger partial charge on any atom is -0.357 e. The Morgan fingerprint density at radius 1 is 1.23 bits per heavy atom. The van der Waals surface area contributed by atoms with Crippen LogP contribution < -0.4 is 10.6 Å². The smallest absolute Gasteiger partial charge is 0.357 e. The molecule has 0 atom stereocenters. The zero-order chi connectivity index (χ0) is 21.8. The molecule has 1 fully saturated rings. The fraction of sp³-hybridized carbons (Fsp3) is 0.474. The molecule has 2 N–H and O–H groups in total. The van der Waals surface area contributed by atoms with Gasteiger partial charge in [0.1, 0.15) is 0 Å². The molecule has 2 heterocycles. The Kier molecular flexibility index (Phi) is 6.81. The van der Waals surface area contributed by atoms with Crippen LogP contribution in [0.3, 0.4) is 0 Å². The molecule has 1 aliphatic heterocycles. The third kappa shape index (κ3) is 5.01. The summed E-state index contributed by atoms with van der Waals surface area (Å²) in [6.07, 6.45) is 2.24. The van der Waals surface area contributed by atoms with Crippen molar-refractivity contribution >= 4 is 26.9 Å². The number of aliphatic imine (C=N–C) groups is 1. The normalized spacial score (nSPS) is 17.3. The standard InChI is InChI=1S/C19H24F3N5O2S/c1-2-23-18(25-13-15-6-3-5-14-7-4-10-24-17(14)15)26-16-8-11-27(12-9-16)30(28,29)19(20,21)22/h3-7,10,16H,2,8-9,11-13H2,1H3,(H2,23,25,26). The second-order valence-electron chi connectivity index (χ2n) is 6.96. The van der Waals surface area contributed by atoms with Gasteiger partial charge in [0.2, 0.25) is 0 Å². The number of hydrogen-bond acceptors (Lipinski definition) is 4. The van der Waals surface area contributed by atoms with Crippen LogP contribution in [0.15, 0.2) is 41.5 Å². The van der Waals surface area contributed by atoms with E-state index in [2.05, 4.69) is 20.6 Å². The van der Waals surface area contributed by atoms with Gasteiger partial charge in [0, 0.05) is 37.3 Å². The minimum atomic E-state index is -5.28. The van der Waals surface area contributed by atoms with Crippen LogP contribution in [0.25, 0.3) is 10.9 Å². The van der Waals surface area contributed by atoms with Crippen molar-refractivity contribution in [3.63, 3.8) is 0 Å². The van der Waals surface area contributed by atoms with E-state index in [0.717, 1.165) is 16.5 Å². The van der Waals surface area contributed by atoms with Crippen molar-refractivity contribution in [3.05, 3.63) is 42.1 Å². The molecule has 0 amide bonds. The second-order valence-corrected chi connectivity index (χ2v) is 8.89. The van der Waals surface area contributed by atoms with Gasteiger partial charge in [-0.05, 0) is 31.4 Å². The lowest BCUT2D eigenvalue weighted by molar-refractivity contribution is -0.0494. The first kappa shape index (κ1) is 22.3. The molecule has 0 saturated carbocycles. The van der Waals surface area contributed by atoms with Crippen LogP contribution in [0.5, 0.6) is 0 Å². The van der Waals surface area contributed by atoms with E-state index in [1.54, 1.807) is 6.20 Å². The van der Waals surface area contributed by atoms with E-state index >= 15 is 0 Å².